The molecule has 0 radical (unpaired) electrons. The fraction of sp³-hybridized carbons (Fsp3) is 1.00. The van der Waals surface area contributed by atoms with Gasteiger partial charge >= 0.3 is 0 Å². The van der Waals surface area contributed by atoms with Crippen LogP contribution >= 0.6 is 0 Å². The van der Waals surface area contributed by atoms with E-state index < -0.39 is 0 Å². The third-order valence-electron chi connectivity index (χ3n) is 2.45. The SMILES string of the molecule is CCCC1OC(C[C@@H](C)O)C[C@H](C)O1. The first kappa shape index (κ1) is 12.0. The third-order valence-corrected chi connectivity index (χ3v) is 2.45. The van der Waals surface area contributed by atoms with E-state index in [1.165, 1.54) is 0 Å². The lowest BCUT2D eigenvalue weighted by Gasteiger charge is -2.34. The maximum Gasteiger partial charge on any atom is 0.158 e. The minimum atomic E-state index is -0.285. The predicted octanol–water partition coefficient (Wildman–Crippen LogP) is 2.08. The van der Waals surface area contributed by atoms with Crippen molar-refractivity contribution in [1.29, 1.82) is 0 Å². The summed E-state index contributed by atoms with van der Waals surface area (Å²) in [5, 5.41) is 9.29. The number of hydrogen-bond acceptors (Lipinski definition) is 3. The Morgan fingerprint density at radius 2 is 2.14 bits per heavy atom. The summed E-state index contributed by atoms with van der Waals surface area (Å²) in [4.78, 5) is 0. The van der Waals surface area contributed by atoms with Crippen LogP contribution in [-0.2, 0) is 9.47 Å². The first-order valence-electron chi connectivity index (χ1n) is 5.60. The summed E-state index contributed by atoms with van der Waals surface area (Å²) >= 11 is 0. The highest BCUT2D eigenvalue weighted by Gasteiger charge is 2.27. The molecule has 1 aliphatic heterocycles. The molecule has 2 unspecified atom stereocenters. The first-order chi connectivity index (χ1) is 6.61. The van der Waals surface area contributed by atoms with Crippen LogP contribution in [0.2, 0.25) is 0 Å². The molecule has 0 aromatic carbocycles. The highest BCUT2D eigenvalue weighted by atomic mass is 16.7. The second-order valence-electron chi connectivity index (χ2n) is 4.24. The molecule has 0 spiro atoms. The number of hydrogen-bond donors (Lipinski definition) is 1. The van der Waals surface area contributed by atoms with E-state index in [-0.39, 0.29) is 24.6 Å². The predicted molar refractivity (Wildman–Crippen MR) is 55.0 cm³/mol. The molecule has 1 rings (SSSR count). The lowest BCUT2D eigenvalue weighted by atomic mass is 10.1. The Morgan fingerprint density at radius 1 is 1.43 bits per heavy atom. The van der Waals surface area contributed by atoms with E-state index in [0.29, 0.717) is 6.42 Å². The molecule has 0 amide bonds. The molecule has 0 saturated carbocycles. The number of ether oxygens (including phenoxy) is 2. The van der Waals surface area contributed by atoms with Crippen molar-refractivity contribution in [3.63, 3.8) is 0 Å². The number of aliphatic hydroxyl groups excluding tert-OH is 1. The molecule has 84 valence electrons. The zero-order valence-corrected chi connectivity index (χ0v) is 9.40. The molecule has 1 N–H and O–H groups in total. The Bertz CT molecular complexity index is 157. The van der Waals surface area contributed by atoms with Gasteiger partial charge in [0, 0.05) is 0 Å². The molecule has 1 aliphatic rings. The maximum atomic E-state index is 9.29. The molecular formula is C11H22O3. The summed E-state index contributed by atoms with van der Waals surface area (Å²) in [5.41, 5.74) is 0. The topological polar surface area (TPSA) is 38.7 Å². The summed E-state index contributed by atoms with van der Waals surface area (Å²) in [6.07, 6.45) is 3.69. The number of aliphatic hydroxyl groups is 1. The molecule has 3 heteroatoms. The fourth-order valence-electron chi connectivity index (χ4n) is 1.89. The van der Waals surface area contributed by atoms with Crippen molar-refractivity contribution in [2.24, 2.45) is 0 Å². The van der Waals surface area contributed by atoms with E-state index in [1.807, 2.05) is 0 Å². The van der Waals surface area contributed by atoms with Crippen LogP contribution in [0.25, 0.3) is 0 Å². The largest absolute Gasteiger partial charge is 0.393 e. The second-order valence-corrected chi connectivity index (χ2v) is 4.24. The van der Waals surface area contributed by atoms with E-state index >= 15 is 0 Å². The Morgan fingerprint density at radius 3 is 2.71 bits per heavy atom. The van der Waals surface area contributed by atoms with Crippen molar-refractivity contribution in [2.75, 3.05) is 0 Å². The van der Waals surface area contributed by atoms with Crippen LogP contribution in [0.5, 0.6) is 0 Å². The van der Waals surface area contributed by atoms with Crippen LogP contribution in [0, 0.1) is 0 Å². The lowest BCUT2D eigenvalue weighted by molar-refractivity contribution is -0.244. The van der Waals surface area contributed by atoms with Gasteiger partial charge in [0.2, 0.25) is 0 Å². The van der Waals surface area contributed by atoms with Gasteiger partial charge in [-0.15, -0.1) is 0 Å². The van der Waals surface area contributed by atoms with Gasteiger partial charge in [-0.05, 0) is 33.1 Å². The standard InChI is InChI=1S/C11H22O3/c1-4-5-11-13-9(3)7-10(14-11)6-8(2)12/h8-12H,4-7H2,1-3H3/t8-,9+,10?,11?/m1/s1. The van der Waals surface area contributed by atoms with E-state index in [1.54, 1.807) is 6.92 Å². The minimum Gasteiger partial charge on any atom is -0.393 e. The average Bonchev–Trinajstić information content (AvgIpc) is 2.01. The lowest BCUT2D eigenvalue weighted by Crippen LogP contribution is -2.38. The average molecular weight is 202 g/mol. The van der Waals surface area contributed by atoms with Crippen LogP contribution in [0.1, 0.15) is 46.5 Å². The van der Waals surface area contributed by atoms with E-state index in [2.05, 4.69) is 13.8 Å². The molecule has 0 aromatic heterocycles. The van der Waals surface area contributed by atoms with Gasteiger partial charge in [0.15, 0.2) is 6.29 Å². The highest BCUT2D eigenvalue weighted by molar-refractivity contribution is 4.71. The van der Waals surface area contributed by atoms with Crippen molar-refractivity contribution in [3.8, 4) is 0 Å². The third kappa shape index (κ3) is 3.95. The van der Waals surface area contributed by atoms with Gasteiger partial charge < -0.3 is 14.6 Å². The second kappa shape index (κ2) is 5.69. The zero-order valence-electron chi connectivity index (χ0n) is 9.40. The molecule has 0 bridgehead atoms. The zero-order chi connectivity index (χ0) is 10.6. The molecular weight excluding hydrogens is 180 g/mol. The Kier molecular flexibility index (Phi) is 4.85. The normalized spacial score (nSPS) is 35.6. The van der Waals surface area contributed by atoms with E-state index in [9.17, 15) is 5.11 Å². The van der Waals surface area contributed by atoms with Crippen molar-refractivity contribution < 1.29 is 14.6 Å². The Balaban J connectivity index is 2.37. The van der Waals surface area contributed by atoms with Crippen molar-refractivity contribution >= 4 is 0 Å². The monoisotopic (exact) mass is 202 g/mol. The molecule has 1 fully saturated rings. The first-order valence-corrected chi connectivity index (χ1v) is 5.60. The number of rotatable bonds is 4. The highest BCUT2D eigenvalue weighted by Crippen LogP contribution is 2.23. The van der Waals surface area contributed by atoms with Crippen LogP contribution in [0.3, 0.4) is 0 Å². The smallest absolute Gasteiger partial charge is 0.158 e. The van der Waals surface area contributed by atoms with Gasteiger partial charge in [-0.25, -0.2) is 0 Å². The van der Waals surface area contributed by atoms with Gasteiger partial charge in [-0.3, -0.25) is 0 Å². The van der Waals surface area contributed by atoms with E-state index in [4.69, 9.17) is 9.47 Å². The van der Waals surface area contributed by atoms with Crippen molar-refractivity contribution in [1.82, 2.24) is 0 Å². The fourth-order valence-corrected chi connectivity index (χ4v) is 1.89. The molecule has 1 heterocycles. The maximum absolute atomic E-state index is 9.29. The Hall–Kier alpha value is -0.120. The van der Waals surface area contributed by atoms with Gasteiger partial charge in [-0.1, -0.05) is 13.3 Å². The summed E-state index contributed by atoms with van der Waals surface area (Å²) in [5.74, 6) is 0. The van der Waals surface area contributed by atoms with Crippen LogP contribution in [0.4, 0.5) is 0 Å². The molecule has 0 aromatic rings. The molecule has 14 heavy (non-hydrogen) atoms. The molecule has 1 saturated heterocycles. The molecule has 0 aliphatic carbocycles. The summed E-state index contributed by atoms with van der Waals surface area (Å²) in [6, 6.07) is 0. The summed E-state index contributed by atoms with van der Waals surface area (Å²) < 4.78 is 11.4. The quantitative estimate of drug-likeness (QED) is 0.758. The van der Waals surface area contributed by atoms with E-state index in [0.717, 1.165) is 19.3 Å². The van der Waals surface area contributed by atoms with Gasteiger partial charge in [0.1, 0.15) is 0 Å². The Labute approximate surface area is 86.4 Å². The van der Waals surface area contributed by atoms with Crippen LogP contribution < -0.4 is 0 Å². The summed E-state index contributed by atoms with van der Waals surface area (Å²) in [6.45, 7) is 5.99. The van der Waals surface area contributed by atoms with Crippen LogP contribution in [-0.4, -0.2) is 29.7 Å². The molecule has 4 atom stereocenters. The minimum absolute atomic E-state index is 0.0625. The van der Waals surface area contributed by atoms with Crippen molar-refractivity contribution in [3.05, 3.63) is 0 Å². The van der Waals surface area contributed by atoms with Crippen LogP contribution in [0.15, 0.2) is 0 Å². The van der Waals surface area contributed by atoms with Gasteiger partial charge in [0.25, 0.3) is 0 Å². The molecule has 3 nitrogen and oxygen atoms in total. The van der Waals surface area contributed by atoms with Crippen molar-refractivity contribution in [2.45, 2.75) is 71.1 Å². The van der Waals surface area contributed by atoms with Gasteiger partial charge in [-0.2, -0.15) is 0 Å². The van der Waals surface area contributed by atoms with Gasteiger partial charge in [0.05, 0.1) is 18.3 Å². The summed E-state index contributed by atoms with van der Waals surface area (Å²) in [7, 11) is 0.